The van der Waals surface area contributed by atoms with Crippen LogP contribution in [0.25, 0.3) is 11.3 Å². The molecule has 0 bridgehead atoms. The van der Waals surface area contributed by atoms with Crippen LogP contribution in [0, 0.1) is 0 Å². The van der Waals surface area contributed by atoms with Crippen molar-refractivity contribution in [2.45, 2.75) is 32.0 Å². The zero-order chi connectivity index (χ0) is 29.5. The second-order valence-electron chi connectivity index (χ2n) is 9.56. The number of benzene rings is 2. The number of aryl methyl sites for hydroxylation is 2. The number of fused-ring (bicyclic) bond motifs is 1. The maximum absolute atomic E-state index is 13.8. The summed E-state index contributed by atoms with van der Waals surface area (Å²) in [6.45, 7) is 1.66. The van der Waals surface area contributed by atoms with Gasteiger partial charge in [-0.3, -0.25) is 24.0 Å². The molecule has 2 aromatic carbocycles. The van der Waals surface area contributed by atoms with Gasteiger partial charge in [0, 0.05) is 24.0 Å². The van der Waals surface area contributed by atoms with Crippen molar-refractivity contribution in [3.63, 3.8) is 0 Å². The number of aromatic nitrogens is 2. The highest BCUT2D eigenvalue weighted by atomic mass is 79.9. The van der Waals surface area contributed by atoms with Crippen molar-refractivity contribution < 1.29 is 27.6 Å². The third-order valence-corrected chi connectivity index (χ3v) is 8.77. The van der Waals surface area contributed by atoms with Gasteiger partial charge in [0.2, 0.25) is 0 Å². The second-order valence-corrected chi connectivity index (χ2v) is 11.6. The van der Waals surface area contributed by atoms with Crippen molar-refractivity contribution in [3.05, 3.63) is 97.3 Å². The summed E-state index contributed by atoms with van der Waals surface area (Å²) in [7, 11) is 1.78. The SMILES string of the molecule is CCc1sc(C(=O)NC(Cc2ccccc2C(F)(F)F)CN2C(=O)c3ccccc3C2=O)cc1-c1c(Br)cnn1C. The first-order chi connectivity index (χ1) is 19.5. The Hall–Kier alpha value is -3.77. The Bertz CT molecular complexity index is 1610. The van der Waals surface area contributed by atoms with Gasteiger partial charge in [-0.05, 0) is 58.6 Å². The van der Waals surface area contributed by atoms with Gasteiger partial charge in [0.25, 0.3) is 17.7 Å². The average Bonchev–Trinajstić information content (AvgIpc) is 3.58. The Labute approximate surface area is 246 Å². The molecule has 3 amide bonds. The number of hydrogen-bond donors (Lipinski definition) is 1. The van der Waals surface area contributed by atoms with Crippen LogP contribution in [0.2, 0.25) is 0 Å². The summed E-state index contributed by atoms with van der Waals surface area (Å²) >= 11 is 4.77. The number of rotatable bonds is 8. The number of carbonyl (C=O) groups excluding carboxylic acids is 3. The van der Waals surface area contributed by atoms with Crippen LogP contribution < -0.4 is 5.32 Å². The van der Waals surface area contributed by atoms with Gasteiger partial charge in [0.1, 0.15) is 0 Å². The van der Waals surface area contributed by atoms with Crippen LogP contribution in [0.3, 0.4) is 0 Å². The van der Waals surface area contributed by atoms with Crippen LogP contribution in [0.5, 0.6) is 0 Å². The monoisotopic (exact) mass is 644 g/mol. The zero-order valence-corrected chi connectivity index (χ0v) is 24.4. The number of alkyl halides is 3. The van der Waals surface area contributed by atoms with E-state index in [1.165, 1.54) is 41.7 Å². The summed E-state index contributed by atoms with van der Waals surface area (Å²) in [6.07, 6.45) is -2.57. The van der Waals surface area contributed by atoms with Crippen LogP contribution in [0.4, 0.5) is 13.2 Å². The number of carbonyl (C=O) groups is 3. The second kappa shape index (κ2) is 11.2. The van der Waals surface area contributed by atoms with Crippen molar-refractivity contribution in [2.75, 3.05) is 6.54 Å². The van der Waals surface area contributed by atoms with E-state index in [1.807, 2.05) is 6.92 Å². The predicted octanol–water partition coefficient (Wildman–Crippen LogP) is 6.13. The highest BCUT2D eigenvalue weighted by molar-refractivity contribution is 9.10. The minimum absolute atomic E-state index is 0.0539. The molecule has 0 fully saturated rings. The summed E-state index contributed by atoms with van der Waals surface area (Å²) in [5.74, 6) is -1.62. The summed E-state index contributed by atoms with van der Waals surface area (Å²) in [4.78, 5) is 41.9. The van der Waals surface area contributed by atoms with Crippen molar-refractivity contribution in [1.29, 1.82) is 0 Å². The molecule has 1 aliphatic heterocycles. The van der Waals surface area contributed by atoms with E-state index >= 15 is 0 Å². The van der Waals surface area contributed by atoms with Crippen molar-refractivity contribution in [2.24, 2.45) is 7.05 Å². The number of amides is 3. The Balaban J connectivity index is 1.47. The predicted molar refractivity (Wildman–Crippen MR) is 152 cm³/mol. The lowest BCUT2D eigenvalue weighted by atomic mass is 9.99. The number of halogens is 4. The first-order valence-corrected chi connectivity index (χ1v) is 14.3. The minimum atomic E-state index is -4.62. The molecule has 0 spiro atoms. The van der Waals surface area contributed by atoms with E-state index in [4.69, 9.17) is 0 Å². The smallest absolute Gasteiger partial charge is 0.346 e. The summed E-state index contributed by atoms with van der Waals surface area (Å²) in [5, 5.41) is 7.06. The fraction of sp³-hybridized carbons (Fsp3) is 0.241. The number of nitrogens with one attached hydrogen (secondary N) is 1. The van der Waals surface area contributed by atoms with Crippen LogP contribution in [0.1, 0.15) is 53.3 Å². The average molecular weight is 646 g/mol. The maximum Gasteiger partial charge on any atom is 0.416 e. The molecular formula is C29H24BrF3N4O3S. The third-order valence-electron chi connectivity index (χ3n) is 6.91. The number of hydrogen-bond acceptors (Lipinski definition) is 5. The lowest BCUT2D eigenvalue weighted by Gasteiger charge is -2.25. The molecule has 12 heteroatoms. The molecule has 1 aliphatic rings. The molecule has 2 aromatic heterocycles. The topological polar surface area (TPSA) is 84.3 Å². The molecule has 212 valence electrons. The highest BCUT2D eigenvalue weighted by Crippen LogP contribution is 2.36. The van der Waals surface area contributed by atoms with Gasteiger partial charge in [0.15, 0.2) is 0 Å². The molecule has 1 N–H and O–H groups in total. The normalized spacial score (nSPS) is 14.0. The molecule has 3 heterocycles. The number of imide groups is 1. The fourth-order valence-corrected chi connectivity index (χ4v) is 6.57. The van der Waals surface area contributed by atoms with E-state index in [2.05, 4.69) is 26.3 Å². The maximum atomic E-state index is 13.8. The van der Waals surface area contributed by atoms with E-state index in [9.17, 15) is 27.6 Å². The van der Waals surface area contributed by atoms with Gasteiger partial charge in [-0.2, -0.15) is 18.3 Å². The summed E-state index contributed by atoms with van der Waals surface area (Å²) in [5.41, 5.74) is 1.15. The van der Waals surface area contributed by atoms with Crippen LogP contribution >= 0.6 is 27.3 Å². The number of thiophene rings is 1. The van der Waals surface area contributed by atoms with E-state index < -0.39 is 35.5 Å². The summed E-state index contributed by atoms with van der Waals surface area (Å²) < 4.78 is 43.9. The third kappa shape index (κ3) is 5.58. The molecule has 1 unspecified atom stereocenters. The van der Waals surface area contributed by atoms with Gasteiger partial charge in [-0.25, -0.2) is 0 Å². The van der Waals surface area contributed by atoms with Crippen LogP contribution in [-0.4, -0.2) is 45.0 Å². The van der Waals surface area contributed by atoms with E-state index in [0.717, 1.165) is 31.6 Å². The first kappa shape index (κ1) is 28.7. The molecule has 4 aromatic rings. The molecule has 0 radical (unpaired) electrons. The fourth-order valence-electron chi connectivity index (χ4n) is 5.00. The van der Waals surface area contributed by atoms with Gasteiger partial charge >= 0.3 is 6.18 Å². The molecule has 0 saturated heterocycles. The highest BCUT2D eigenvalue weighted by Gasteiger charge is 2.38. The minimum Gasteiger partial charge on any atom is -0.346 e. The molecule has 5 rings (SSSR count). The van der Waals surface area contributed by atoms with E-state index in [-0.39, 0.29) is 29.7 Å². The Morgan fingerprint density at radius 3 is 2.27 bits per heavy atom. The van der Waals surface area contributed by atoms with Crippen LogP contribution in [0.15, 0.2) is 65.3 Å². The standard InChI is InChI=1S/C29H24BrF3N4O3S/c1-3-23-20(25-22(30)14-34-36(25)2)13-24(41-23)26(38)35-17(12-16-8-4-7-11-21(16)29(31,32)33)15-37-27(39)18-9-5-6-10-19(18)28(37)40/h4-11,13-14,17H,3,12,15H2,1-2H3,(H,35,38). The lowest BCUT2D eigenvalue weighted by molar-refractivity contribution is -0.138. The van der Waals surface area contributed by atoms with Crippen molar-refractivity contribution in [1.82, 2.24) is 20.0 Å². The van der Waals surface area contributed by atoms with Gasteiger partial charge in [-0.1, -0.05) is 37.3 Å². The van der Waals surface area contributed by atoms with Gasteiger partial charge < -0.3 is 5.32 Å². The molecule has 0 saturated carbocycles. The zero-order valence-electron chi connectivity index (χ0n) is 22.0. The van der Waals surface area contributed by atoms with Gasteiger partial charge in [0.05, 0.1) is 44.0 Å². The molecular weight excluding hydrogens is 621 g/mol. The Kier molecular flexibility index (Phi) is 7.89. The van der Waals surface area contributed by atoms with Crippen LogP contribution in [-0.2, 0) is 26.1 Å². The Morgan fingerprint density at radius 1 is 1.05 bits per heavy atom. The first-order valence-electron chi connectivity index (χ1n) is 12.7. The summed E-state index contributed by atoms with van der Waals surface area (Å²) in [6, 6.07) is 12.1. The number of nitrogens with zero attached hydrogens (tertiary/aromatic N) is 3. The van der Waals surface area contributed by atoms with Gasteiger partial charge in [-0.15, -0.1) is 11.3 Å². The molecule has 0 aliphatic carbocycles. The molecule has 41 heavy (non-hydrogen) atoms. The molecule has 1 atom stereocenters. The van der Waals surface area contributed by atoms with Crippen molar-refractivity contribution >= 4 is 45.0 Å². The largest absolute Gasteiger partial charge is 0.416 e. The van der Waals surface area contributed by atoms with Crippen molar-refractivity contribution in [3.8, 4) is 11.3 Å². The lowest BCUT2D eigenvalue weighted by Crippen LogP contribution is -2.47. The Morgan fingerprint density at radius 2 is 1.68 bits per heavy atom. The van der Waals surface area contributed by atoms with E-state index in [1.54, 1.807) is 36.1 Å². The van der Waals surface area contributed by atoms with E-state index in [0.29, 0.717) is 11.3 Å². The quantitative estimate of drug-likeness (QED) is 0.234. The molecule has 7 nitrogen and oxygen atoms in total.